The summed E-state index contributed by atoms with van der Waals surface area (Å²) in [7, 11) is 0. The lowest BCUT2D eigenvalue weighted by atomic mass is 10.1. The molecule has 1 aliphatic heterocycles. The van der Waals surface area contributed by atoms with Crippen LogP contribution in [0.5, 0.6) is 0 Å². The summed E-state index contributed by atoms with van der Waals surface area (Å²) in [6, 6.07) is 18.0. The van der Waals surface area contributed by atoms with Crippen LogP contribution in [-0.4, -0.2) is 36.4 Å². The lowest BCUT2D eigenvalue weighted by Crippen LogP contribution is -2.29. The van der Waals surface area contributed by atoms with Crippen LogP contribution in [-0.2, 0) is 4.79 Å². The summed E-state index contributed by atoms with van der Waals surface area (Å²) < 4.78 is 2.41. The predicted octanol–water partition coefficient (Wildman–Crippen LogP) is 6.80. The first-order valence-electron chi connectivity index (χ1n) is 11.9. The zero-order valence-electron chi connectivity index (χ0n) is 19.7. The van der Waals surface area contributed by atoms with E-state index in [1.807, 2.05) is 60.7 Å². The zero-order valence-corrected chi connectivity index (χ0v) is 21.4. The molecule has 7 heteroatoms. The summed E-state index contributed by atoms with van der Waals surface area (Å²) in [4.78, 5) is 20.3. The highest BCUT2D eigenvalue weighted by atomic mass is 32.2. The van der Waals surface area contributed by atoms with Crippen molar-refractivity contribution in [2.45, 2.75) is 52.4 Å². The molecule has 5 nitrogen and oxygen atoms in total. The Morgan fingerprint density at radius 3 is 2.41 bits per heavy atom. The Morgan fingerprint density at radius 1 is 0.971 bits per heavy atom. The molecule has 0 spiro atoms. The fraction of sp³-hybridized carbons (Fsp3) is 0.333. The van der Waals surface area contributed by atoms with Gasteiger partial charge in [0.05, 0.1) is 10.6 Å². The van der Waals surface area contributed by atoms with Crippen molar-refractivity contribution < 1.29 is 4.79 Å². The Morgan fingerprint density at radius 2 is 1.68 bits per heavy atom. The van der Waals surface area contributed by atoms with Gasteiger partial charge < -0.3 is 0 Å². The summed E-state index contributed by atoms with van der Waals surface area (Å²) in [6.45, 7) is 4.95. The molecule has 1 aliphatic rings. The molecular formula is C27H30N4OS2. The summed E-state index contributed by atoms with van der Waals surface area (Å²) in [5.74, 6) is 1.20. The second-order valence-electron chi connectivity index (χ2n) is 8.51. The largest absolute Gasteiger partial charge is 0.293 e. The van der Waals surface area contributed by atoms with Crippen LogP contribution < -0.4 is 0 Å². The van der Waals surface area contributed by atoms with Gasteiger partial charge in [-0.05, 0) is 25.5 Å². The highest BCUT2D eigenvalue weighted by Crippen LogP contribution is 2.33. The van der Waals surface area contributed by atoms with Gasteiger partial charge >= 0.3 is 0 Å². The van der Waals surface area contributed by atoms with Crippen LogP contribution in [0.15, 0.2) is 59.5 Å². The van der Waals surface area contributed by atoms with Crippen molar-refractivity contribution in [1.29, 1.82) is 0 Å². The van der Waals surface area contributed by atoms with Crippen molar-refractivity contribution in [2.75, 3.05) is 6.54 Å². The number of hydrogen-bond acceptors (Lipinski definition) is 5. The number of amides is 1. The molecule has 1 amide bonds. The number of carbonyl (C=O) groups excluding carboxylic acids is 1. The maximum absolute atomic E-state index is 13.1. The van der Waals surface area contributed by atoms with Crippen molar-refractivity contribution >= 4 is 40.3 Å². The van der Waals surface area contributed by atoms with Gasteiger partial charge in [0.2, 0.25) is 0 Å². The molecular weight excluding hydrogens is 460 g/mol. The molecule has 2 aromatic carbocycles. The first-order valence-corrected chi connectivity index (χ1v) is 13.1. The van der Waals surface area contributed by atoms with Gasteiger partial charge in [0, 0.05) is 18.2 Å². The topological polar surface area (TPSA) is 51.0 Å². The standard InChI is InChI=1S/C27H30N4OS2/c1-3-4-5-6-7-11-18-30-26(32)23(34-27(30)33)19-24-28-25(21-16-14-20(2)15-17-21)29-31(24)22-12-9-8-10-13-22/h8-10,12-17,19H,3-7,11,18H2,1-2H3/b23-19+. The van der Waals surface area contributed by atoms with E-state index < -0.39 is 0 Å². The fourth-order valence-corrected chi connectivity index (χ4v) is 5.14. The molecule has 0 bridgehead atoms. The van der Waals surface area contributed by atoms with Gasteiger partial charge in [0.1, 0.15) is 4.32 Å². The Kier molecular flexibility index (Phi) is 8.29. The number of nitrogens with zero attached hydrogens (tertiary/aromatic N) is 4. The summed E-state index contributed by atoms with van der Waals surface area (Å²) in [5.41, 5.74) is 3.01. The van der Waals surface area contributed by atoms with Crippen LogP contribution in [0.25, 0.3) is 23.2 Å². The Labute approximate surface area is 211 Å². The molecule has 0 saturated carbocycles. The second kappa shape index (κ2) is 11.6. The van der Waals surface area contributed by atoms with Crippen molar-refractivity contribution in [3.63, 3.8) is 0 Å². The van der Waals surface area contributed by atoms with Crippen LogP contribution in [0.2, 0.25) is 0 Å². The van der Waals surface area contributed by atoms with E-state index in [2.05, 4.69) is 13.8 Å². The number of unbranched alkanes of at least 4 members (excludes halogenated alkanes) is 5. The van der Waals surface area contributed by atoms with Crippen molar-refractivity contribution in [3.05, 3.63) is 70.9 Å². The van der Waals surface area contributed by atoms with Crippen molar-refractivity contribution in [3.8, 4) is 17.1 Å². The predicted molar refractivity (Wildman–Crippen MR) is 145 cm³/mol. The van der Waals surface area contributed by atoms with E-state index >= 15 is 0 Å². The third-order valence-electron chi connectivity index (χ3n) is 5.81. The van der Waals surface area contributed by atoms with E-state index in [1.165, 1.54) is 43.0 Å². The van der Waals surface area contributed by atoms with E-state index in [-0.39, 0.29) is 5.91 Å². The van der Waals surface area contributed by atoms with E-state index in [4.69, 9.17) is 22.3 Å². The molecule has 1 saturated heterocycles. The normalized spacial score (nSPS) is 15.0. The molecule has 3 aromatic rings. The number of carbonyl (C=O) groups is 1. The monoisotopic (exact) mass is 490 g/mol. The number of hydrogen-bond donors (Lipinski definition) is 0. The molecule has 1 fully saturated rings. The average Bonchev–Trinajstić information content (AvgIpc) is 3.38. The van der Waals surface area contributed by atoms with E-state index in [1.54, 1.807) is 9.58 Å². The van der Waals surface area contributed by atoms with E-state index in [9.17, 15) is 4.79 Å². The molecule has 1 aromatic heterocycles. The molecule has 0 unspecified atom stereocenters. The molecule has 4 rings (SSSR count). The van der Waals surface area contributed by atoms with Gasteiger partial charge in [-0.2, -0.15) is 0 Å². The molecule has 34 heavy (non-hydrogen) atoms. The fourth-order valence-electron chi connectivity index (χ4n) is 3.86. The summed E-state index contributed by atoms with van der Waals surface area (Å²) >= 11 is 6.88. The highest BCUT2D eigenvalue weighted by molar-refractivity contribution is 8.26. The minimum atomic E-state index is -0.0388. The highest BCUT2D eigenvalue weighted by Gasteiger charge is 2.32. The van der Waals surface area contributed by atoms with E-state index in [0.717, 1.165) is 24.1 Å². The summed E-state index contributed by atoms with van der Waals surface area (Å²) in [6.07, 6.45) is 8.89. The molecule has 0 aliphatic carbocycles. The van der Waals surface area contributed by atoms with Gasteiger partial charge in [0.15, 0.2) is 11.6 Å². The first kappa shape index (κ1) is 24.4. The number of para-hydroxylation sites is 1. The van der Waals surface area contributed by atoms with Crippen molar-refractivity contribution in [1.82, 2.24) is 19.7 Å². The smallest absolute Gasteiger partial charge is 0.266 e. The van der Waals surface area contributed by atoms with Crippen LogP contribution in [0.1, 0.15) is 56.8 Å². The number of thiocarbonyl (C=S) groups is 1. The third kappa shape index (κ3) is 5.83. The van der Waals surface area contributed by atoms with Gasteiger partial charge in [-0.1, -0.05) is 111 Å². The Balaban J connectivity index is 1.57. The molecule has 2 heterocycles. The Bertz CT molecular complexity index is 1170. The van der Waals surface area contributed by atoms with Gasteiger partial charge in [-0.3, -0.25) is 9.69 Å². The quantitative estimate of drug-likeness (QED) is 0.178. The van der Waals surface area contributed by atoms with Gasteiger partial charge in [0.25, 0.3) is 5.91 Å². The maximum atomic E-state index is 13.1. The van der Waals surface area contributed by atoms with Crippen LogP contribution in [0.4, 0.5) is 0 Å². The van der Waals surface area contributed by atoms with Crippen LogP contribution in [0.3, 0.4) is 0 Å². The minimum absolute atomic E-state index is 0.0388. The maximum Gasteiger partial charge on any atom is 0.266 e. The zero-order chi connectivity index (χ0) is 23.9. The second-order valence-corrected chi connectivity index (χ2v) is 10.2. The number of benzene rings is 2. The number of aryl methyl sites for hydroxylation is 1. The lowest BCUT2D eigenvalue weighted by molar-refractivity contribution is -0.122. The molecule has 0 atom stereocenters. The van der Waals surface area contributed by atoms with Gasteiger partial charge in [-0.15, -0.1) is 5.10 Å². The summed E-state index contributed by atoms with van der Waals surface area (Å²) in [5, 5.41) is 4.76. The van der Waals surface area contributed by atoms with Gasteiger partial charge in [-0.25, -0.2) is 9.67 Å². The number of rotatable bonds is 10. The molecule has 176 valence electrons. The number of thioether (sulfide) groups is 1. The molecule has 0 N–H and O–H groups in total. The van der Waals surface area contributed by atoms with Crippen LogP contribution in [0, 0.1) is 6.92 Å². The van der Waals surface area contributed by atoms with Crippen LogP contribution >= 0.6 is 24.0 Å². The first-order chi connectivity index (χ1) is 16.6. The third-order valence-corrected chi connectivity index (χ3v) is 7.19. The molecule has 0 radical (unpaired) electrons. The number of aromatic nitrogens is 3. The minimum Gasteiger partial charge on any atom is -0.293 e. The average molecular weight is 491 g/mol. The Hall–Kier alpha value is -2.77. The van der Waals surface area contributed by atoms with E-state index in [0.29, 0.717) is 27.4 Å². The lowest BCUT2D eigenvalue weighted by Gasteiger charge is -2.13. The van der Waals surface area contributed by atoms with Crippen molar-refractivity contribution in [2.24, 2.45) is 0 Å². The SMILES string of the molecule is CCCCCCCCN1C(=O)/C(=C\c2nc(-c3ccc(C)cc3)nn2-c2ccccc2)SC1=S.